The van der Waals surface area contributed by atoms with Gasteiger partial charge in [0.25, 0.3) is 0 Å². The van der Waals surface area contributed by atoms with E-state index in [-0.39, 0.29) is 98.9 Å². The van der Waals surface area contributed by atoms with Crippen LogP contribution in [0, 0.1) is 11.8 Å². The van der Waals surface area contributed by atoms with Gasteiger partial charge >= 0.3 is 47.8 Å². The van der Waals surface area contributed by atoms with Crippen molar-refractivity contribution >= 4 is 47.8 Å². The van der Waals surface area contributed by atoms with E-state index in [2.05, 4.69) is 18.9 Å². The molecular weight excluding hydrogens is 989 g/mol. The number of ether oxygens (including phenoxy) is 8. The van der Waals surface area contributed by atoms with Crippen LogP contribution in [0.3, 0.4) is 0 Å². The van der Waals surface area contributed by atoms with Crippen LogP contribution in [-0.2, 0) is 57.3 Å². The number of esters is 8. The summed E-state index contributed by atoms with van der Waals surface area (Å²) in [6.45, 7) is 0. The molecule has 0 heterocycles. The van der Waals surface area contributed by atoms with Gasteiger partial charge in [-0.2, -0.15) is 0 Å². The summed E-state index contributed by atoms with van der Waals surface area (Å²) in [6, 6.07) is 30.8. The SMILES string of the molecule is COC(=O)CCCC(=O)Oc1ccc(C2CC(CC3CC(c4ccc(OC(=O)CCCC(=O)OC)cc4)CC(c4ccc(OC(=O)CCCC(=O)OC)cc4)C3)CC(c3ccc(OC(=O)CCCC(=O)OC)cc3)C2)cc1. The van der Waals surface area contributed by atoms with E-state index in [1.54, 1.807) is 0 Å². The highest BCUT2D eigenvalue weighted by Gasteiger charge is 2.36. The normalized spacial score (nSPS) is 18.9. The lowest BCUT2D eigenvalue weighted by Crippen LogP contribution is -2.26. The van der Waals surface area contributed by atoms with E-state index < -0.39 is 23.9 Å². The summed E-state index contributed by atoms with van der Waals surface area (Å²) in [4.78, 5) is 96.8. The van der Waals surface area contributed by atoms with E-state index in [1.165, 1.54) is 28.4 Å². The molecule has 0 spiro atoms. The molecule has 4 atom stereocenters. The highest BCUT2D eigenvalue weighted by atomic mass is 16.6. The monoisotopic (exact) mass is 1060 g/mol. The molecule has 0 aromatic heterocycles. The molecule has 2 fully saturated rings. The van der Waals surface area contributed by atoms with Crippen molar-refractivity contribution in [1.82, 2.24) is 0 Å². The van der Waals surface area contributed by atoms with Crippen LogP contribution >= 0.6 is 0 Å². The molecule has 16 nitrogen and oxygen atoms in total. The third-order valence-corrected chi connectivity index (χ3v) is 14.6. The second-order valence-corrected chi connectivity index (χ2v) is 20.1. The Morgan fingerprint density at radius 1 is 0.299 bits per heavy atom. The van der Waals surface area contributed by atoms with Crippen molar-refractivity contribution in [2.24, 2.45) is 11.8 Å². The van der Waals surface area contributed by atoms with Crippen LogP contribution in [0.1, 0.15) is 168 Å². The van der Waals surface area contributed by atoms with Crippen molar-refractivity contribution in [3.63, 3.8) is 0 Å². The molecule has 2 saturated carbocycles. The summed E-state index contributed by atoms with van der Waals surface area (Å²) >= 11 is 0. The maximum absolute atomic E-state index is 12.6. The maximum Gasteiger partial charge on any atom is 0.311 e. The maximum atomic E-state index is 12.6. The minimum Gasteiger partial charge on any atom is -0.469 e. The molecule has 0 amide bonds. The Morgan fingerprint density at radius 2 is 0.494 bits per heavy atom. The van der Waals surface area contributed by atoms with E-state index in [0.717, 1.165) is 67.2 Å². The summed E-state index contributed by atoms with van der Waals surface area (Å²) in [5.41, 5.74) is 4.54. The minimum absolute atomic E-state index is 0.0856. The zero-order valence-corrected chi connectivity index (χ0v) is 44.7. The predicted octanol–water partition coefficient (Wildman–Crippen LogP) is 11.1. The van der Waals surface area contributed by atoms with E-state index >= 15 is 0 Å². The number of hydrogen-bond acceptors (Lipinski definition) is 16. The van der Waals surface area contributed by atoms with Crippen LogP contribution in [0.25, 0.3) is 0 Å². The van der Waals surface area contributed by atoms with Gasteiger partial charge in [0.05, 0.1) is 28.4 Å². The number of rotatable bonds is 26. The zero-order chi connectivity index (χ0) is 55.1. The molecule has 0 bridgehead atoms. The van der Waals surface area contributed by atoms with Crippen LogP contribution in [0.5, 0.6) is 23.0 Å². The van der Waals surface area contributed by atoms with E-state index in [0.29, 0.717) is 60.5 Å². The first kappa shape index (κ1) is 58.9. The van der Waals surface area contributed by atoms with Gasteiger partial charge in [0.1, 0.15) is 23.0 Å². The van der Waals surface area contributed by atoms with Crippen molar-refractivity contribution in [2.75, 3.05) is 28.4 Å². The van der Waals surface area contributed by atoms with Crippen LogP contribution in [0.4, 0.5) is 0 Å². The van der Waals surface area contributed by atoms with Crippen LogP contribution in [-0.4, -0.2) is 76.2 Å². The summed E-state index contributed by atoms with van der Waals surface area (Å²) in [6.07, 6.45) is 8.64. The quantitative estimate of drug-likeness (QED) is 0.0325. The molecule has 4 aromatic rings. The van der Waals surface area contributed by atoms with Gasteiger partial charge in [-0.05, 0) is 177 Å². The molecular formula is C61H72O16. The van der Waals surface area contributed by atoms with Gasteiger partial charge in [0.15, 0.2) is 0 Å². The summed E-state index contributed by atoms with van der Waals surface area (Å²) in [5.74, 6) is -0.141. The van der Waals surface area contributed by atoms with Gasteiger partial charge in [-0.1, -0.05) is 48.5 Å². The molecule has 0 radical (unpaired) electrons. The summed E-state index contributed by atoms with van der Waals surface area (Å²) in [7, 11) is 5.25. The van der Waals surface area contributed by atoms with Crippen LogP contribution < -0.4 is 18.9 Å². The molecule has 412 valence electrons. The predicted molar refractivity (Wildman–Crippen MR) is 282 cm³/mol. The zero-order valence-electron chi connectivity index (χ0n) is 44.7. The Morgan fingerprint density at radius 3 is 0.688 bits per heavy atom. The Balaban J connectivity index is 1.21. The lowest BCUT2D eigenvalue weighted by molar-refractivity contribution is -0.142. The smallest absolute Gasteiger partial charge is 0.311 e. The van der Waals surface area contributed by atoms with E-state index in [9.17, 15) is 38.4 Å². The van der Waals surface area contributed by atoms with E-state index in [1.807, 2.05) is 97.1 Å². The van der Waals surface area contributed by atoms with E-state index in [4.69, 9.17) is 18.9 Å². The van der Waals surface area contributed by atoms with Gasteiger partial charge in [0.2, 0.25) is 0 Å². The van der Waals surface area contributed by atoms with Crippen molar-refractivity contribution < 1.29 is 76.3 Å². The number of hydrogen-bond donors (Lipinski definition) is 0. The van der Waals surface area contributed by atoms with Gasteiger partial charge in [0, 0.05) is 51.4 Å². The van der Waals surface area contributed by atoms with Crippen molar-refractivity contribution in [2.45, 2.75) is 146 Å². The molecule has 2 aliphatic carbocycles. The molecule has 0 aliphatic heterocycles. The van der Waals surface area contributed by atoms with Gasteiger partial charge in [-0.25, -0.2) is 0 Å². The Kier molecular flexibility index (Phi) is 23.3. The first-order valence-corrected chi connectivity index (χ1v) is 26.7. The Bertz CT molecular complexity index is 2230. The van der Waals surface area contributed by atoms with Crippen molar-refractivity contribution in [1.29, 1.82) is 0 Å². The molecule has 0 saturated heterocycles. The molecule has 6 rings (SSSR count). The molecule has 4 aromatic carbocycles. The fraction of sp³-hybridized carbons (Fsp3) is 0.475. The molecule has 77 heavy (non-hydrogen) atoms. The summed E-state index contributed by atoms with van der Waals surface area (Å²) < 4.78 is 41.3. The molecule has 0 N–H and O–H groups in total. The van der Waals surface area contributed by atoms with Crippen molar-refractivity contribution in [3.8, 4) is 23.0 Å². The number of methoxy groups -OCH3 is 4. The number of carbonyl (C=O) groups is 8. The second kappa shape index (κ2) is 30.4. The Labute approximate surface area is 450 Å². The first-order chi connectivity index (χ1) is 37.2. The highest BCUT2D eigenvalue weighted by Crippen LogP contribution is 2.51. The lowest BCUT2D eigenvalue weighted by atomic mass is 9.64. The highest BCUT2D eigenvalue weighted by molar-refractivity contribution is 5.76. The van der Waals surface area contributed by atoms with Gasteiger partial charge in [-0.15, -0.1) is 0 Å². The van der Waals surface area contributed by atoms with Gasteiger partial charge in [-0.3, -0.25) is 38.4 Å². The first-order valence-electron chi connectivity index (χ1n) is 26.7. The number of benzene rings is 4. The number of carbonyl (C=O) groups excluding carboxylic acids is 8. The third kappa shape index (κ3) is 19.6. The lowest BCUT2D eigenvalue weighted by Gasteiger charge is -2.41. The molecule has 4 unspecified atom stereocenters. The largest absolute Gasteiger partial charge is 0.469 e. The molecule has 16 heteroatoms. The Hall–Kier alpha value is -7.36. The topological polar surface area (TPSA) is 210 Å². The van der Waals surface area contributed by atoms with Crippen LogP contribution in [0.2, 0.25) is 0 Å². The fourth-order valence-corrected chi connectivity index (χ4v) is 10.7. The average molecular weight is 1060 g/mol. The summed E-state index contributed by atoms with van der Waals surface area (Å²) in [5, 5.41) is 0. The molecule has 2 aliphatic rings. The standard InChI is InChI=1S/C61H72O16/c1-70-54(62)9-5-13-58(66)74-50-25-17-42(18-26-50)46-34-40(35-47(38-46)43-19-27-51(28-20-43)75-59(67)14-6-10-55(63)71-2)33-41-36-48(44-21-29-52(30-22-44)76-60(68)15-7-11-56(64)72-3)39-49(37-41)45-23-31-53(32-24-45)77-61(69)16-8-12-57(65)73-4/h17-32,40-41,46-49H,5-16,33-39H2,1-4H3. The third-order valence-electron chi connectivity index (χ3n) is 14.6. The minimum atomic E-state index is -0.425. The average Bonchev–Trinajstić information content (AvgIpc) is 3.43. The van der Waals surface area contributed by atoms with Crippen LogP contribution in [0.15, 0.2) is 97.1 Å². The second-order valence-electron chi connectivity index (χ2n) is 20.1. The fourth-order valence-electron chi connectivity index (χ4n) is 10.7. The van der Waals surface area contributed by atoms with Gasteiger partial charge < -0.3 is 37.9 Å². The van der Waals surface area contributed by atoms with Crippen molar-refractivity contribution in [3.05, 3.63) is 119 Å².